The summed E-state index contributed by atoms with van der Waals surface area (Å²) in [5.41, 5.74) is 1.73. The fourth-order valence-corrected chi connectivity index (χ4v) is 2.75. The molecule has 0 atom stereocenters. The van der Waals surface area contributed by atoms with E-state index in [1.807, 2.05) is 30.3 Å². The lowest BCUT2D eigenvalue weighted by molar-refractivity contribution is -0.137. The first-order valence-electron chi connectivity index (χ1n) is 8.92. The third kappa shape index (κ3) is 4.38. The molecule has 5 nitrogen and oxygen atoms in total. The van der Waals surface area contributed by atoms with Gasteiger partial charge in [-0.3, -0.25) is 4.98 Å². The minimum atomic E-state index is -4.45. The molecule has 2 heterocycles. The maximum absolute atomic E-state index is 12.9. The van der Waals surface area contributed by atoms with E-state index in [1.54, 1.807) is 24.5 Å². The molecule has 0 fully saturated rings. The van der Waals surface area contributed by atoms with Crippen LogP contribution in [-0.2, 0) is 6.18 Å². The van der Waals surface area contributed by atoms with Crippen LogP contribution in [0, 0.1) is 0 Å². The molecule has 0 saturated heterocycles. The van der Waals surface area contributed by atoms with Crippen molar-refractivity contribution in [2.45, 2.75) is 6.18 Å². The molecule has 0 spiro atoms. The number of rotatable bonds is 4. The quantitative estimate of drug-likeness (QED) is 0.358. The predicted octanol–water partition coefficient (Wildman–Crippen LogP) is 6.64. The van der Waals surface area contributed by atoms with E-state index in [-0.39, 0.29) is 5.69 Å². The summed E-state index contributed by atoms with van der Waals surface area (Å²) in [6.07, 6.45) is 0.336. The van der Waals surface area contributed by atoms with E-state index in [0.717, 1.165) is 23.3 Å². The smallest absolute Gasteiger partial charge is 0.265 e. The van der Waals surface area contributed by atoms with Gasteiger partial charge in [0.25, 0.3) is 0 Å². The number of benzene rings is 2. The zero-order valence-corrected chi connectivity index (χ0v) is 15.5. The van der Waals surface area contributed by atoms with E-state index in [9.17, 15) is 13.2 Å². The predicted molar refractivity (Wildman–Crippen MR) is 106 cm³/mol. The molecule has 0 N–H and O–H groups in total. The van der Waals surface area contributed by atoms with Gasteiger partial charge in [0.1, 0.15) is 11.4 Å². The van der Waals surface area contributed by atoms with E-state index in [0.29, 0.717) is 17.2 Å². The average molecular weight is 405 g/mol. The fourth-order valence-electron chi connectivity index (χ4n) is 2.75. The van der Waals surface area contributed by atoms with Gasteiger partial charge in [-0.05, 0) is 30.3 Å². The normalized spacial score (nSPS) is 11.7. The first-order valence-corrected chi connectivity index (χ1v) is 8.92. The Morgan fingerprint density at radius 3 is 2.27 bits per heavy atom. The molecule has 0 unspecified atom stereocenters. The molecule has 0 aliphatic carbocycles. The van der Waals surface area contributed by atoms with E-state index >= 15 is 0 Å². The molecule has 4 aromatic rings. The molecule has 148 valence electrons. The number of halogens is 3. The van der Waals surface area contributed by atoms with Crippen LogP contribution in [-0.4, -0.2) is 15.0 Å². The standard InChI is InChI=1S/C22H14F3N5/c23-22(24,25)17-7-4-8-18(13-17)29-30-19-14-27-21(16-9-11-26-12-10-16)28-20(19)15-5-2-1-3-6-15/h1-14H. The highest BCUT2D eigenvalue weighted by Gasteiger charge is 2.30. The van der Waals surface area contributed by atoms with Crippen LogP contribution in [0.3, 0.4) is 0 Å². The minimum Gasteiger partial charge on any atom is -0.265 e. The number of alkyl halides is 3. The number of hydrogen-bond donors (Lipinski definition) is 0. The molecule has 2 aromatic heterocycles. The largest absolute Gasteiger partial charge is 0.416 e. The molecule has 0 radical (unpaired) electrons. The molecule has 0 aliphatic heterocycles. The van der Waals surface area contributed by atoms with Gasteiger partial charge in [-0.25, -0.2) is 9.97 Å². The number of pyridine rings is 1. The van der Waals surface area contributed by atoms with Crippen LogP contribution in [0.25, 0.3) is 22.6 Å². The molecule has 0 aliphatic rings. The summed E-state index contributed by atoms with van der Waals surface area (Å²) in [6.45, 7) is 0. The van der Waals surface area contributed by atoms with Gasteiger partial charge in [0.05, 0.1) is 17.4 Å². The third-order valence-corrected chi connectivity index (χ3v) is 4.20. The first kappa shape index (κ1) is 19.4. The van der Waals surface area contributed by atoms with Crippen molar-refractivity contribution in [2.24, 2.45) is 10.2 Å². The zero-order valence-electron chi connectivity index (χ0n) is 15.5. The summed E-state index contributed by atoms with van der Waals surface area (Å²) < 4.78 is 38.8. The Morgan fingerprint density at radius 1 is 0.767 bits per heavy atom. The van der Waals surface area contributed by atoms with Gasteiger partial charge in [-0.15, -0.1) is 5.11 Å². The Hall–Kier alpha value is -3.94. The van der Waals surface area contributed by atoms with Crippen molar-refractivity contribution in [3.8, 4) is 22.6 Å². The van der Waals surface area contributed by atoms with Crippen molar-refractivity contribution >= 4 is 11.4 Å². The van der Waals surface area contributed by atoms with Gasteiger partial charge in [0.2, 0.25) is 0 Å². The van der Waals surface area contributed by atoms with Crippen molar-refractivity contribution in [1.82, 2.24) is 15.0 Å². The van der Waals surface area contributed by atoms with Gasteiger partial charge in [0, 0.05) is 23.5 Å². The second-order valence-corrected chi connectivity index (χ2v) is 6.28. The average Bonchev–Trinajstić information content (AvgIpc) is 2.78. The molecule has 0 bridgehead atoms. The van der Waals surface area contributed by atoms with Gasteiger partial charge >= 0.3 is 6.18 Å². The minimum absolute atomic E-state index is 0.0852. The monoisotopic (exact) mass is 405 g/mol. The van der Waals surface area contributed by atoms with Gasteiger partial charge in [-0.2, -0.15) is 18.3 Å². The van der Waals surface area contributed by atoms with E-state index < -0.39 is 11.7 Å². The van der Waals surface area contributed by atoms with Crippen molar-refractivity contribution in [3.05, 3.63) is 90.9 Å². The number of aromatic nitrogens is 3. The Balaban J connectivity index is 1.75. The Labute approximate surface area is 170 Å². The molecular formula is C22H14F3N5. The molecule has 0 saturated carbocycles. The second-order valence-electron chi connectivity index (χ2n) is 6.28. The first-order chi connectivity index (χ1) is 14.5. The third-order valence-electron chi connectivity index (χ3n) is 4.20. The van der Waals surface area contributed by atoms with Crippen LogP contribution in [0.15, 0.2) is 95.5 Å². The maximum Gasteiger partial charge on any atom is 0.416 e. The molecule has 8 heteroatoms. The van der Waals surface area contributed by atoms with Crippen LogP contribution in [0.5, 0.6) is 0 Å². The highest BCUT2D eigenvalue weighted by molar-refractivity contribution is 5.73. The highest BCUT2D eigenvalue weighted by Crippen LogP contribution is 2.33. The number of azo groups is 1. The van der Waals surface area contributed by atoms with Crippen LogP contribution in [0.2, 0.25) is 0 Å². The summed E-state index contributed by atoms with van der Waals surface area (Å²) in [5.74, 6) is 0.481. The van der Waals surface area contributed by atoms with Crippen molar-refractivity contribution in [3.63, 3.8) is 0 Å². The molecule has 0 amide bonds. The Morgan fingerprint density at radius 2 is 1.53 bits per heavy atom. The maximum atomic E-state index is 12.9. The molecule has 4 rings (SSSR count). The van der Waals surface area contributed by atoms with E-state index in [4.69, 9.17) is 0 Å². The fraction of sp³-hybridized carbons (Fsp3) is 0.0455. The summed E-state index contributed by atoms with van der Waals surface area (Å²) in [6, 6.07) is 17.6. The lowest BCUT2D eigenvalue weighted by Crippen LogP contribution is -2.03. The summed E-state index contributed by atoms with van der Waals surface area (Å²) >= 11 is 0. The van der Waals surface area contributed by atoms with Crippen molar-refractivity contribution < 1.29 is 13.2 Å². The van der Waals surface area contributed by atoms with Crippen molar-refractivity contribution in [1.29, 1.82) is 0 Å². The van der Waals surface area contributed by atoms with Crippen LogP contribution in [0.1, 0.15) is 5.56 Å². The SMILES string of the molecule is FC(F)(F)c1cccc(N=Nc2cnc(-c3ccncc3)nc2-c2ccccc2)c1. The Kier molecular flexibility index (Phi) is 5.30. The molecular weight excluding hydrogens is 391 g/mol. The number of hydrogen-bond acceptors (Lipinski definition) is 5. The molecule has 2 aromatic carbocycles. The summed E-state index contributed by atoms with van der Waals surface area (Å²) in [4.78, 5) is 12.9. The van der Waals surface area contributed by atoms with Gasteiger partial charge in [-0.1, -0.05) is 36.4 Å². The lowest BCUT2D eigenvalue weighted by Gasteiger charge is -2.08. The Bertz CT molecular complexity index is 1180. The molecule has 30 heavy (non-hydrogen) atoms. The van der Waals surface area contributed by atoms with E-state index in [1.165, 1.54) is 18.3 Å². The second kappa shape index (κ2) is 8.20. The van der Waals surface area contributed by atoms with E-state index in [2.05, 4.69) is 25.2 Å². The zero-order chi connectivity index (χ0) is 21.0. The topological polar surface area (TPSA) is 63.4 Å². The van der Waals surface area contributed by atoms with Crippen LogP contribution in [0.4, 0.5) is 24.5 Å². The van der Waals surface area contributed by atoms with Gasteiger partial charge < -0.3 is 0 Å². The van der Waals surface area contributed by atoms with Gasteiger partial charge in [0.15, 0.2) is 5.82 Å². The number of nitrogens with zero attached hydrogens (tertiary/aromatic N) is 5. The summed E-state index contributed by atoms with van der Waals surface area (Å²) in [7, 11) is 0. The van der Waals surface area contributed by atoms with Crippen LogP contribution < -0.4 is 0 Å². The van der Waals surface area contributed by atoms with Crippen molar-refractivity contribution in [2.75, 3.05) is 0 Å². The lowest BCUT2D eigenvalue weighted by atomic mass is 10.1. The summed E-state index contributed by atoms with van der Waals surface area (Å²) in [5, 5.41) is 8.11. The van der Waals surface area contributed by atoms with Crippen LogP contribution >= 0.6 is 0 Å². The highest BCUT2D eigenvalue weighted by atomic mass is 19.4.